The van der Waals surface area contributed by atoms with Gasteiger partial charge in [-0.2, -0.15) is 0 Å². The second kappa shape index (κ2) is 16.0. The van der Waals surface area contributed by atoms with Crippen LogP contribution in [-0.4, -0.2) is 102 Å². The quantitative estimate of drug-likeness (QED) is 0.205. The molecule has 0 aliphatic carbocycles. The summed E-state index contributed by atoms with van der Waals surface area (Å²) in [4.78, 5) is 45.5. The molecule has 55 heavy (non-hydrogen) atoms. The van der Waals surface area contributed by atoms with E-state index in [0.29, 0.717) is 55.1 Å². The molecule has 4 aromatic rings. The summed E-state index contributed by atoms with van der Waals surface area (Å²) in [6.07, 6.45) is -1.22. The first-order valence-electron chi connectivity index (χ1n) is 18.6. The molecule has 4 aromatic carbocycles. The highest BCUT2D eigenvalue weighted by molar-refractivity contribution is 6.19. The number of amides is 3. The monoisotopic (exact) mass is 792 g/mol. The minimum Gasteiger partial charge on any atom is -0.507 e. The maximum absolute atomic E-state index is 13.0. The van der Waals surface area contributed by atoms with E-state index in [1.165, 1.54) is 0 Å². The number of hydrogen-bond acceptors (Lipinski definition) is 8. The van der Waals surface area contributed by atoms with Crippen LogP contribution >= 0.6 is 23.2 Å². The summed E-state index contributed by atoms with van der Waals surface area (Å²) >= 11 is 12.4. The van der Waals surface area contributed by atoms with Crippen molar-refractivity contribution in [3.63, 3.8) is 0 Å². The smallest absolute Gasteiger partial charge is 0.415 e. The number of anilines is 2. The molecule has 3 amide bonds. The van der Waals surface area contributed by atoms with Gasteiger partial charge in [0.15, 0.2) is 0 Å². The molecule has 1 saturated heterocycles. The van der Waals surface area contributed by atoms with Gasteiger partial charge in [0.25, 0.3) is 0 Å². The van der Waals surface area contributed by atoms with Crippen molar-refractivity contribution in [1.82, 2.24) is 9.80 Å². The van der Waals surface area contributed by atoms with E-state index in [9.17, 15) is 19.5 Å². The van der Waals surface area contributed by atoms with Crippen LogP contribution in [0.4, 0.5) is 25.8 Å². The Labute approximate surface area is 332 Å². The van der Waals surface area contributed by atoms with Gasteiger partial charge in [0.1, 0.15) is 22.7 Å². The van der Waals surface area contributed by atoms with Crippen LogP contribution in [0.25, 0.3) is 21.5 Å². The molecule has 294 valence electrons. The number of aromatic hydroxyl groups is 1. The Morgan fingerprint density at radius 2 is 1.11 bits per heavy atom. The Morgan fingerprint density at radius 3 is 1.58 bits per heavy atom. The molecule has 11 nitrogen and oxygen atoms in total. The highest BCUT2D eigenvalue weighted by Crippen LogP contribution is 2.47. The molecule has 0 bridgehead atoms. The van der Waals surface area contributed by atoms with Gasteiger partial charge in [0.2, 0.25) is 0 Å². The number of rotatable bonds is 3. The molecular weight excluding hydrogens is 743 g/mol. The number of carbonyl (C=O) groups excluding carboxylic acids is 3. The first-order chi connectivity index (χ1) is 26.0. The summed E-state index contributed by atoms with van der Waals surface area (Å²) in [6.45, 7) is 14.8. The van der Waals surface area contributed by atoms with Crippen LogP contribution in [0.2, 0.25) is 0 Å². The minimum atomic E-state index is -0.621. The summed E-state index contributed by atoms with van der Waals surface area (Å²) in [6, 6.07) is 18.8. The lowest BCUT2D eigenvalue weighted by molar-refractivity contribution is 0.0571. The van der Waals surface area contributed by atoms with Crippen molar-refractivity contribution in [2.75, 3.05) is 67.9 Å². The van der Waals surface area contributed by atoms with E-state index in [4.69, 9.17) is 37.4 Å². The Bertz CT molecular complexity index is 2090. The van der Waals surface area contributed by atoms with Gasteiger partial charge >= 0.3 is 18.3 Å². The fourth-order valence-corrected chi connectivity index (χ4v) is 7.81. The van der Waals surface area contributed by atoms with Gasteiger partial charge in [0, 0.05) is 85.8 Å². The third-order valence-corrected chi connectivity index (χ3v) is 10.6. The van der Waals surface area contributed by atoms with Crippen LogP contribution in [0, 0.1) is 0 Å². The molecule has 13 heteroatoms. The Hall–Kier alpha value is -4.45. The minimum absolute atomic E-state index is 0.0182. The summed E-state index contributed by atoms with van der Waals surface area (Å²) in [5.41, 5.74) is 2.16. The first-order valence-corrected chi connectivity index (χ1v) is 19.6. The predicted molar refractivity (Wildman–Crippen MR) is 219 cm³/mol. The third-order valence-electron chi connectivity index (χ3n) is 9.83. The van der Waals surface area contributed by atoms with E-state index in [0.717, 1.165) is 45.8 Å². The zero-order valence-corrected chi connectivity index (χ0v) is 34.0. The van der Waals surface area contributed by atoms with E-state index < -0.39 is 23.4 Å². The van der Waals surface area contributed by atoms with E-state index >= 15 is 0 Å². The zero-order chi connectivity index (χ0) is 39.8. The van der Waals surface area contributed by atoms with E-state index in [-0.39, 0.29) is 23.7 Å². The second-order valence-electron chi connectivity index (χ2n) is 16.3. The number of ether oxygens (including phenoxy) is 3. The van der Waals surface area contributed by atoms with Crippen molar-refractivity contribution >= 4 is 74.4 Å². The molecule has 0 radical (unpaired) electrons. The number of benzene rings is 4. The van der Waals surface area contributed by atoms with Gasteiger partial charge in [-0.1, -0.05) is 48.5 Å². The van der Waals surface area contributed by atoms with Crippen molar-refractivity contribution in [1.29, 1.82) is 0 Å². The molecular formula is C42H50Cl2N4O7. The molecule has 1 N–H and O–H groups in total. The van der Waals surface area contributed by atoms with Gasteiger partial charge in [0.05, 0.1) is 11.4 Å². The molecule has 3 aliphatic heterocycles. The Kier molecular flexibility index (Phi) is 11.7. The van der Waals surface area contributed by atoms with Gasteiger partial charge < -0.3 is 29.1 Å². The lowest BCUT2D eigenvalue weighted by Gasteiger charge is -2.31. The molecule has 2 atom stereocenters. The number of likely N-dealkylation sites (N-methyl/N-ethyl adjacent to an activating group) is 1. The van der Waals surface area contributed by atoms with Gasteiger partial charge in [-0.25, -0.2) is 14.4 Å². The Balaban J connectivity index is 0.000000197. The number of carbonyl (C=O) groups is 3. The second-order valence-corrected chi connectivity index (χ2v) is 16.9. The highest BCUT2D eigenvalue weighted by Gasteiger charge is 2.38. The largest absolute Gasteiger partial charge is 0.507 e. The average molecular weight is 794 g/mol. The number of phenols is 1. The lowest BCUT2D eigenvalue weighted by Crippen LogP contribution is -2.48. The van der Waals surface area contributed by atoms with E-state index in [2.05, 4.69) is 4.90 Å². The highest BCUT2D eigenvalue weighted by atomic mass is 35.5. The normalized spacial score (nSPS) is 18.5. The molecule has 0 saturated carbocycles. The molecule has 7 rings (SSSR count). The van der Waals surface area contributed by atoms with Crippen molar-refractivity contribution < 1.29 is 33.7 Å². The molecule has 3 heterocycles. The summed E-state index contributed by atoms with van der Waals surface area (Å²) in [5.74, 6) is 1.35. The van der Waals surface area contributed by atoms with Crippen LogP contribution in [0.5, 0.6) is 11.5 Å². The SMILES string of the molecule is CC(C)(C)OC(=O)N1C[C@@H](CCl)c2c1cc(O)c1ccccc21.CN1CCN(C(=O)Oc2cc3c(c4ccccc24)[C@H](CCl)CN3C(=O)OC(C)(C)C)CC1. The maximum Gasteiger partial charge on any atom is 0.415 e. The lowest BCUT2D eigenvalue weighted by atomic mass is 9.95. The number of halogens is 2. The summed E-state index contributed by atoms with van der Waals surface area (Å²) in [5, 5.41) is 13.8. The topological polar surface area (TPSA) is 112 Å². The average Bonchev–Trinajstić information content (AvgIpc) is 3.70. The number of hydrogen-bond donors (Lipinski definition) is 1. The first kappa shape index (κ1) is 40.2. The van der Waals surface area contributed by atoms with Crippen LogP contribution in [0.3, 0.4) is 0 Å². The number of phenolic OH excluding ortho intramolecular Hbond substituents is 1. The Morgan fingerprint density at radius 1 is 0.673 bits per heavy atom. The van der Waals surface area contributed by atoms with Crippen LogP contribution < -0.4 is 14.5 Å². The molecule has 1 fully saturated rings. The van der Waals surface area contributed by atoms with Crippen molar-refractivity contribution in [2.45, 2.75) is 64.6 Å². The molecule has 3 aliphatic rings. The fourth-order valence-electron chi connectivity index (χ4n) is 7.30. The maximum atomic E-state index is 13.0. The van der Waals surface area contributed by atoms with Crippen LogP contribution in [0.1, 0.15) is 64.5 Å². The fraction of sp³-hybridized carbons (Fsp3) is 0.452. The summed E-state index contributed by atoms with van der Waals surface area (Å²) in [7, 11) is 2.04. The van der Waals surface area contributed by atoms with Gasteiger partial charge in [-0.3, -0.25) is 9.80 Å². The van der Waals surface area contributed by atoms with Gasteiger partial charge in [-0.15, -0.1) is 23.2 Å². The van der Waals surface area contributed by atoms with Crippen LogP contribution in [-0.2, 0) is 9.47 Å². The molecule has 0 spiro atoms. The van der Waals surface area contributed by atoms with Crippen molar-refractivity contribution in [3.8, 4) is 11.5 Å². The number of fused-ring (bicyclic) bond motifs is 6. The van der Waals surface area contributed by atoms with Crippen molar-refractivity contribution in [2.24, 2.45) is 0 Å². The molecule has 0 unspecified atom stereocenters. The zero-order valence-electron chi connectivity index (χ0n) is 32.5. The number of piperazine rings is 1. The summed E-state index contributed by atoms with van der Waals surface area (Å²) < 4.78 is 17.0. The van der Waals surface area contributed by atoms with Gasteiger partial charge in [-0.05, 0) is 70.5 Å². The number of alkyl halides is 2. The third kappa shape index (κ3) is 8.69. The van der Waals surface area contributed by atoms with E-state index in [1.807, 2.05) is 97.1 Å². The predicted octanol–water partition coefficient (Wildman–Crippen LogP) is 9.29. The standard InChI is InChI=1S/C24H30ClN3O4.C18H20ClNO3/c1-24(2,3)32-23(30)28-15-16(14-25)21-18-8-6-5-7-17(18)20(13-19(21)28)31-22(29)27-11-9-26(4)10-12-27;1-18(2,3)23-17(22)20-10-11(9-19)16-13-7-5-4-6-12(13)15(21)8-14(16)20/h5-8,13,16H,9-12,14-15H2,1-4H3;4-8,11,21H,9-10H2,1-3H3/t16-;11-/m11/s1. The molecule has 0 aromatic heterocycles. The van der Waals surface area contributed by atoms with Crippen molar-refractivity contribution in [3.05, 3.63) is 71.8 Å². The van der Waals surface area contributed by atoms with E-state index in [1.54, 1.807) is 26.8 Å². The van der Waals surface area contributed by atoms with Crippen LogP contribution in [0.15, 0.2) is 60.7 Å². The number of nitrogens with zero attached hydrogens (tertiary/aromatic N) is 4.